The third-order valence-corrected chi connectivity index (χ3v) is 3.09. The maximum absolute atomic E-state index is 11.8. The molecule has 0 fully saturated rings. The van der Waals surface area contributed by atoms with Gasteiger partial charge in [-0.2, -0.15) is 0 Å². The molecule has 0 saturated carbocycles. The molecular formula is C18H20N2O3. The Balaban J connectivity index is 1.82. The van der Waals surface area contributed by atoms with E-state index in [9.17, 15) is 9.59 Å². The van der Waals surface area contributed by atoms with Crippen LogP contribution < -0.4 is 10.6 Å². The molecule has 0 unspecified atom stereocenters. The van der Waals surface area contributed by atoms with Gasteiger partial charge in [0.15, 0.2) is 0 Å². The van der Waals surface area contributed by atoms with E-state index in [-0.39, 0.29) is 24.7 Å². The minimum atomic E-state index is -0.356. The van der Waals surface area contributed by atoms with Crippen molar-refractivity contribution in [3.05, 3.63) is 54.6 Å². The molecule has 5 heteroatoms. The lowest BCUT2D eigenvalue weighted by atomic mass is 10.2. The van der Waals surface area contributed by atoms with Crippen LogP contribution in [0, 0.1) is 0 Å². The number of amides is 1. The fourth-order valence-corrected chi connectivity index (χ4v) is 2.00. The van der Waals surface area contributed by atoms with Crippen LogP contribution in [0.4, 0.5) is 17.1 Å². The van der Waals surface area contributed by atoms with E-state index in [2.05, 4.69) is 10.6 Å². The fourth-order valence-electron chi connectivity index (χ4n) is 2.00. The number of hydrogen-bond acceptors (Lipinski definition) is 4. The monoisotopic (exact) mass is 312 g/mol. The molecule has 0 aliphatic heterocycles. The summed E-state index contributed by atoms with van der Waals surface area (Å²) in [5.41, 5.74) is 2.62. The fraction of sp³-hybridized carbons (Fsp3) is 0.222. The minimum absolute atomic E-state index is 0.0906. The summed E-state index contributed by atoms with van der Waals surface area (Å²) in [5, 5.41) is 6.02. The molecule has 0 heterocycles. The topological polar surface area (TPSA) is 67.4 Å². The van der Waals surface area contributed by atoms with Gasteiger partial charge in [-0.15, -0.1) is 0 Å². The summed E-state index contributed by atoms with van der Waals surface area (Å²) in [6.45, 7) is 2.07. The highest BCUT2D eigenvalue weighted by Crippen LogP contribution is 2.18. The maximum atomic E-state index is 11.8. The Morgan fingerprint density at radius 1 is 0.870 bits per heavy atom. The van der Waals surface area contributed by atoms with Crippen LogP contribution in [0.25, 0.3) is 0 Å². The average Bonchev–Trinajstić information content (AvgIpc) is 2.56. The second-order valence-corrected chi connectivity index (χ2v) is 4.92. The summed E-state index contributed by atoms with van der Waals surface area (Å²) < 4.78 is 4.79. The lowest BCUT2D eigenvalue weighted by Crippen LogP contribution is -2.14. The molecular weight excluding hydrogens is 292 g/mol. The Hall–Kier alpha value is -2.82. The molecule has 5 nitrogen and oxygen atoms in total. The van der Waals surface area contributed by atoms with Crippen LogP contribution >= 0.6 is 0 Å². The molecule has 2 aromatic carbocycles. The first-order chi connectivity index (χ1) is 11.2. The number of carbonyl (C=O) groups is 2. The van der Waals surface area contributed by atoms with Crippen LogP contribution in [-0.2, 0) is 14.3 Å². The zero-order valence-corrected chi connectivity index (χ0v) is 13.0. The molecule has 0 aliphatic carbocycles. The van der Waals surface area contributed by atoms with Crippen molar-refractivity contribution in [2.45, 2.75) is 19.8 Å². The van der Waals surface area contributed by atoms with Crippen LogP contribution in [0.5, 0.6) is 0 Å². The van der Waals surface area contributed by atoms with Gasteiger partial charge < -0.3 is 15.4 Å². The van der Waals surface area contributed by atoms with Crippen molar-refractivity contribution < 1.29 is 14.3 Å². The summed E-state index contributed by atoms with van der Waals surface area (Å²) >= 11 is 0. The van der Waals surface area contributed by atoms with Crippen molar-refractivity contribution in [1.29, 1.82) is 0 Å². The third kappa shape index (κ3) is 5.82. The van der Waals surface area contributed by atoms with Gasteiger partial charge in [-0.05, 0) is 43.3 Å². The number of rotatable bonds is 7. The first-order valence-electron chi connectivity index (χ1n) is 7.55. The average molecular weight is 312 g/mol. The number of hydrogen-bond donors (Lipinski definition) is 2. The smallest absolute Gasteiger partial charge is 0.306 e. The zero-order valence-electron chi connectivity index (χ0n) is 13.0. The van der Waals surface area contributed by atoms with Crippen LogP contribution in [0.15, 0.2) is 54.6 Å². The molecule has 0 bridgehead atoms. The van der Waals surface area contributed by atoms with E-state index in [1.165, 1.54) is 0 Å². The van der Waals surface area contributed by atoms with Crippen LogP contribution in [0.1, 0.15) is 19.8 Å². The molecule has 0 aliphatic rings. The molecule has 23 heavy (non-hydrogen) atoms. The van der Waals surface area contributed by atoms with Gasteiger partial charge in [0.25, 0.3) is 0 Å². The number of anilines is 3. The van der Waals surface area contributed by atoms with Crippen molar-refractivity contribution in [2.24, 2.45) is 0 Å². The van der Waals surface area contributed by atoms with Crippen LogP contribution in [0.2, 0.25) is 0 Å². The molecule has 2 N–H and O–H groups in total. The van der Waals surface area contributed by atoms with Gasteiger partial charge in [-0.1, -0.05) is 18.2 Å². The molecule has 120 valence electrons. The third-order valence-electron chi connectivity index (χ3n) is 3.09. The Labute approximate surface area is 135 Å². The van der Waals surface area contributed by atoms with E-state index in [0.29, 0.717) is 12.3 Å². The predicted molar refractivity (Wildman–Crippen MR) is 90.7 cm³/mol. The first kappa shape index (κ1) is 16.5. The van der Waals surface area contributed by atoms with Crippen molar-refractivity contribution in [3.63, 3.8) is 0 Å². The Kier molecular flexibility index (Phi) is 6.17. The molecule has 0 spiro atoms. The number of para-hydroxylation sites is 1. The summed E-state index contributed by atoms with van der Waals surface area (Å²) in [5.74, 6) is -0.563. The normalized spacial score (nSPS) is 9.96. The predicted octanol–water partition coefficient (Wildman–Crippen LogP) is 3.71. The van der Waals surface area contributed by atoms with Crippen LogP contribution in [-0.4, -0.2) is 18.5 Å². The van der Waals surface area contributed by atoms with E-state index >= 15 is 0 Å². The largest absolute Gasteiger partial charge is 0.466 e. The van der Waals surface area contributed by atoms with E-state index < -0.39 is 0 Å². The number of esters is 1. The summed E-state index contributed by atoms with van der Waals surface area (Å²) in [6.07, 6.45) is 0.205. The molecule has 0 aromatic heterocycles. The van der Waals surface area contributed by atoms with Gasteiger partial charge in [-0.3, -0.25) is 9.59 Å². The standard InChI is InChI=1S/C18H20N2O3/c1-2-23-18(22)13-12-17(21)20-16-10-8-15(9-11-16)19-14-6-4-3-5-7-14/h3-11,19H,2,12-13H2,1H3,(H,20,21). The second kappa shape index (κ2) is 8.58. The highest BCUT2D eigenvalue weighted by atomic mass is 16.5. The van der Waals surface area contributed by atoms with Crippen LogP contribution in [0.3, 0.4) is 0 Å². The van der Waals surface area contributed by atoms with Crippen molar-refractivity contribution in [1.82, 2.24) is 0 Å². The number of nitrogens with one attached hydrogen (secondary N) is 2. The van der Waals surface area contributed by atoms with E-state index in [1.54, 1.807) is 6.92 Å². The number of ether oxygens (including phenoxy) is 1. The molecule has 2 aromatic rings. The highest BCUT2D eigenvalue weighted by Gasteiger charge is 2.07. The van der Waals surface area contributed by atoms with Gasteiger partial charge in [0.2, 0.25) is 5.91 Å². The lowest BCUT2D eigenvalue weighted by molar-refractivity contribution is -0.144. The van der Waals surface area contributed by atoms with Gasteiger partial charge >= 0.3 is 5.97 Å². The molecule has 0 radical (unpaired) electrons. The summed E-state index contributed by atoms with van der Waals surface area (Å²) in [7, 11) is 0. The Morgan fingerprint density at radius 2 is 1.48 bits per heavy atom. The van der Waals surface area contributed by atoms with Gasteiger partial charge in [0, 0.05) is 23.5 Å². The molecule has 0 saturated heterocycles. The lowest BCUT2D eigenvalue weighted by Gasteiger charge is -2.08. The zero-order chi connectivity index (χ0) is 16.5. The van der Waals surface area contributed by atoms with Crippen molar-refractivity contribution in [2.75, 3.05) is 17.2 Å². The highest BCUT2D eigenvalue weighted by molar-refractivity contribution is 5.92. The maximum Gasteiger partial charge on any atom is 0.306 e. The molecule has 2 rings (SSSR count). The summed E-state index contributed by atoms with van der Waals surface area (Å²) in [4.78, 5) is 23.0. The van der Waals surface area contributed by atoms with Crippen molar-refractivity contribution in [3.8, 4) is 0 Å². The van der Waals surface area contributed by atoms with E-state index in [0.717, 1.165) is 11.4 Å². The second-order valence-electron chi connectivity index (χ2n) is 4.92. The Bertz CT molecular complexity index is 639. The number of carbonyl (C=O) groups excluding carboxylic acids is 2. The molecule has 0 atom stereocenters. The molecule has 1 amide bonds. The van der Waals surface area contributed by atoms with E-state index in [4.69, 9.17) is 4.74 Å². The van der Waals surface area contributed by atoms with Gasteiger partial charge in [-0.25, -0.2) is 0 Å². The summed E-state index contributed by atoms with van der Waals surface area (Å²) in [6, 6.07) is 17.2. The van der Waals surface area contributed by atoms with Gasteiger partial charge in [0.05, 0.1) is 13.0 Å². The SMILES string of the molecule is CCOC(=O)CCC(=O)Nc1ccc(Nc2ccccc2)cc1. The Morgan fingerprint density at radius 3 is 2.13 bits per heavy atom. The van der Waals surface area contributed by atoms with E-state index in [1.807, 2.05) is 54.6 Å². The van der Waals surface area contributed by atoms with Gasteiger partial charge in [0.1, 0.15) is 0 Å². The first-order valence-corrected chi connectivity index (χ1v) is 7.55. The van der Waals surface area contributed by atoms with Crippen molar-refractivity contribution >= 4 is 28.9 Å². The minimum Gasteiger partial charge on any atom is -0.466 e. The number of benzene rings is 2. The quantitative estimate of drug-likeness (QED) is 0.765.